The maximum absolute atomic E-state index is 10.6. The second-order valence-corrected chi connectivity index (χ2v) is 5.07. The van der Waals surface area contributed by atoms with Gasteiger partial charge in [0, 0.05) is 18.8 Å². The van der Waals surface area contributed by atoms with Gasteiger partial charge in [-0.25, -0.2) is 4.68 Å². The summed E-state index contributed by atoms with van der Waals surface area (Å²) in [6, 6.07) is 0. The van der Waals surface area contributed by atoms with Crippen LogP contribution in [0.1, 0.15) is 0 Å². The molecule has 2 heterocycles. The third-order valence-corrected chi connectivity index (χ3v) is 3.61. The van der Waals surface area contributed by atoms with Crippen molar-refractivity contribution in [3.8, 4) is 0 Å². The van der Waals surface area contributed by atoms with Crippen LogP contribution in [-0.4, -0.2) is 74.8 Å². The highest BCUT2D eigenvalue weighted by Crippen LogP contribution is 2.17. The van der Waals surface area contributed by atoms with Crippen LogP contribution in [0.15, 0.2) is 5.16 Å². The quantitative estimate of drug-likeness (QED) is 0.696. The Morgan fingerprint density at radius 3 is 3.22 bits per heavy atom. The van der Waals surface area contributed by atoms with Gasteiger partial charge in [-0.15, -0.1) is 5.10 Å². The zero-order chi connectivity index (χ0) is 13.0. The minimum atomic E-state index is -0.960. The van der Waals surface area contributed by atoms with E-state index in [0.717, 1.165) is 19.7 Å². The number of ether oxygens (including phenoxy) is 1. The first-order valence-corrected chi connectivity index (χ1v) is 6.54. The van der Waals surface area contributed by atoms with E-state index in [1.54, 1.807) is 0 Å². The predicted octanol–water partition coefficient (Wildman–Crippen LogP) is -0.820. The number of tetrazole rings is 1. The van der Waals surface area contributed by atoms with E-state index in [-0.39, 0.29) is 12.6 Å². The number of hydrogen-bond acceptors (Lipinski definition) is 7. The van der Waals surface area contributed by atoms with E-state index in [1.165, 1.54) is 16.4 Å². The molecule has 0 aromatic carbocycles. The fraction of sp³-hybridized carbons (Fsp3) is 0.778. The molecule has 1 aliphatic heterocycles. The molecular formula is C9H15N5O3S. The molecule has 0 amide bonds. The lowest BCUT2D eigenvalue weighted by Crippen LogP contribution is -2.41. The second-order valence-electron chi connectivity index (χ2n) is 4.08. The number of thioether (sulfide) groups is 1. The number of carboxylic acids is 1. The first-order chi connectivity index (χ1) is 8.65. The molecule has 0 bridgehead atoms. The van der Waals surface area contributed by atoms with Gasteiger partial charge in [0.1, 0.15) is 6.54 Å². The van der Waals surface area contributed by atoms with E-state index in [9.17, 15) is 4.79 Å². The van der Waals surface area contributed by atoms with Crippen molar-refractivity contribution in [2.75, 3.05) is 32.5 Å². The molecule has 0 radical (unpaired) electrons. The Kier molecular flexibility index (Phi) is 4.50. The van der Waals surface area contributed by atoms with Gasteiger partial charge < -0.3 is 14.7 Å². The van der Waals surface area contributed by atoms with E-state index < -0.39 is 5.97 Å². The lowest BCUT2D eigenvalue weighted by atomic mass is 10.3. The van der Waals surface area contributed by atoms with Gasteiger partial charge in [0.25, 0.3) is 0 Å². The van der Waals surface area contributed by atoms with Crippen molar-refractivity contribution < 1.29 is 14.6 Å². The molecule has 100 valence electrons. The van der Waals surface area contributed by atoms with Gasteiger partial charge >= 0.3 is 5.97 Å². The Bertz CT molecular complexity index is 413. The maximum atomic E-state index is 10.6. The molecule has 1 aliphatic rings. The summed E-state index contributed by atoms with van der Waals surface area (Å²) in [7, 11) is 2.05. The van der Waals surface area contributed by atoms with Gasteiger partial charge in [-0.2, -0.15) is 0 Å². The normalized spacial score (nSPS) is 21.1. The molecule has 2 rings (SSSR count). The van der Waals surface area contributed by atoms with Crippen molar-refractivity contribution in [2.24, 2.45) is 0 Å². The number of hydrogen-bond donors (Lipinski definition) is 1. The van der Waals surface area contributed by atoms with Crippen LogP contribution in [0, 0.1) is 0 Å². The van der Waals surface area contributed by atoms with E-state index in [1.807, 2.05) is 0 Å². The van der Waals surface area contributed by atoms with Gasteiger partial charge in [-0.1, -0.05) is 11.8 Å². The molecule has 1 fully saturated rings. The molecule has 1 N–H and O–H groups in total. The number of aliphatic carboxylic acids is 1. The number of nitrogens with zero attached hydrogens (tertiary/aromatic N) is 5. The van der Waals surface area contributed by atoms with Crippen molar-refractivity contribution in [3.63, 3.8) is 0 Å². The topological polar surface area (TPSA) is 93.4 Å². The first kappa shape index (κ1) is 13.2. The van der Waals surface area contributed by atoms with Crippen molar-refractivity contribution in [2.45, 2.75) is 17.8 Å². The summed E-state index contributed by atoms with van der Waals surface area (Å²) in [6.45, 7) is 2.31. The summed E-state index contributed by atoms with van der Waals surface area (Å²) in [5.74, 6) is -0.248. The van der Waals surface area contributed by atoms with E-state index >= 15 is 0 Å². The summed E-state index contributed by atoms with van der Waals surface area (Å²) in [4.78, 5) is 12.8. The van der Waals surface area contributed by atoms with Gasteiger partial charge in [-0.05, 0) is 17.5 Å². The third kappa shape index (κ3) is 3.65. The summed E-state index contributed by atoms with van der Waals surface area (Å²) in [5.41, 5.74) is 0. The van der Waals surface area contributed by atoms with Crippen molar-refractivity contribution in [3.05, 3.63) is 0 Å². The third-order valence-electron chi connectivity index (χ3n) is 2.52. The van der Waals surface area contributed by atoms with Gasteiger partial charge in [0.15, 0.2) is 0 Å². The highest BCUT2D eigenvalue weighted by Gasteiger charge is 2.19. The maximum Gasteiger partial charge on any atom is 0.325 e. The molecule has 18 heavy (non-hydrogen) atoms. The molecule has 1 atom stereocenters. The fourth-order valence-electron chi connectivity index (χ4n) is 1.66. The number of aromatic nitrogens is 4. The Hall–Kier alpha value is -1.19. The number of carbonyl (C=O) groups is 1. The largest absolute Gasteiger partial charge is 0.480 e. The lowest BCUT2D eigenvalue weighted by Gasteiger charge is -2.29. The molecular weight excluding hydrogens is 258 g/mol. The van der Waals surface area contributed by atoms with Crippen LogP contribution in [0.4, 0.5) is 0 Å². The summed E-state index contributed by atoms with van der Waals surface area (Å²) < 4.78 is 6.89. The monoisotopic (exact) mass is 273 g/mol. The Labute approximate surface area is 108 Å². The molecule has 9 heteroatoms. The van der Waals surface area contributed by atoms with Crippen LogP contribution in [-0.2, 0) is 16.1 Å². The predicted molar refractivity (Wildman–Crippen MR) is 63.4 cm³/mol. The number of morpholine rings is 1. The zero-order valence-electron chi connectivity index (χ0n) is 10.0. The van der Waals surface area contributed by atoms with Crippen molar-refractivity contribution >= 4 is 17.7 Å². The average Bonchev–Trinajstić information content (AvgIpc) is 2.73. The van der Waals surface area contributed by atoms with Gasteiger partial charge in [0.2, 0.25) is 5.16 Å². The summed E-state index contributed by atoms with van der Waals surface area (Å²) in [6.07, 6.45) is 0.128. The van der Waals surface area contributed by atoms with E-state index in [2.05, 4.69) is 27.5 Å². The molecule has 8 nitrogen and oxygen atoms in total. The highest BCUT2D eigenvalue weighted by atomic mass is 32.2. The van der Waals surface area contributed by atoms with Crippen LogP contribution >= 0.6 is 11.8 Å². The smallest absolute Gasteiger partial charge is 0.325 e. The minimum Gasteiger partial charge on any atom is -0.480 e. The van der Waals surface area contributed by atoms with Crippen LogP contribution in [0.2, 0.25) is 0 Å². The van der Waals surface area contributed by atoms with E-state index in [4.69, 9.17) is 9.84 Å². The number of likely N-dealkylation sites (N-methyl/N-ethyl adjacent to an activating group) is 1. The van der Waals surface area contributed by atoms with Gasteiger partial charge in [-0.3, -0.25) is 4.79 Å². The lowest BCUT2D eigenvalue weighted by molar-refractivity contribution is -0.138. The van der Waals surface area contributed by atoms with Crippen LogP contribution in [0.25, 0.3) is 0 Å². The van der Waals surface area contributed by atoms with Crippen LogP contribution < -0.4 is 0 Å². The molecule has 0 saturated carbocycles. The van der Waals surface area contributed by atoms with Crippen molar-refractivity contribution in [1.29, 1.82) is 0 Å². The Morgan fingerprint density at radius 2 is 2.50 bits per heavy atom. The van der Waals surface area contributed by atoms with E-state index in [0.29, 0.717) is 10.9 Å². The molecule has 0 aliphatic carbocycles. The second kappa shape index (κ2) is 6.12. The van der Waals surface area contributed by atoms with Gasteiger partial charge in [0.05, 0.1) is 12.7 Å². The number of rotatable bonds is 5. The molecule has 0 spiro atoms. The summed E-state index contributed by atoms with van der Waals surface area (Å²) in [5, 5.41) is 20.1. The SMILES string of the molecule is CN1CCOC(CSc2nnnn2CC(=O)O)C1. The van der Waals surface area contributed by atoms with Crippen LogP contribution in [0.5, 0.6) is 0 Å². The minimum absolute atomic E-state index is 0.128. The summed E-state index contributed by atoms with van der Waals surface area (Å²) >= 11 is 1.42. The average molecular weight is 273 g/mol. The number of carboxylic acid groups (broad SMARTS) is 1. The standard InChI is InChI=1S/C9H15N5O3S/c1-13-2-3-17-7(4-13)6-18-9-10-11-12-14(9)5-8(15)16/h7H,2-6H2,1H3,(H,15,16). The molecule has 1 unspecified atom stereocenters. The van der Waals surface area contributed by atoms with Crippen LogP contribution in [0.3, 0.4) is 0 Å². The Morgan fingerprint density at radius 1 is 1.67 bits per heavy atom. The first-order valence-electron chi connectivity index (χ1n) is 5.56. The Balaban J connectivity index is 1.86. The highest BCUT2D eigenvalue weighted by molar-refractivity contribution is 7.99. The zero-order valence-corrected chi connectivity index (χ0v) is 10.8. The van der Waals surface area contributed by atoms with Crippen molar-refractivity contribution in [1.82, 2.24) is 25.1 Å². The molecule has 1 saturated heterocycles. The molecule has 1 aromatic heterocycles. The molecule has 1 aromatic rings. The fourth-order valence-corrected chi connectivity index (χ4v) is 2.54.